The van der Waals surface area contributed by atoms with Crippen LogP contribution in [0.1, 0.15) is 57.3 Å². The molecule has 1 N–H and O–H groups in total. The van der Waals surface area contributed by atoms with Crippen LogP contribution in [-0.4, -0.2) is 34.5 Å². The maximum Gasteiger partial charge on any atom is 0.255 e. The Labute approximate surface area is 162 Å². The van der Waals surface area contributed by atoms with Crippen LogP contribution in [0.25, 0.3) is 0 Å². The van der Waals surface area contributed by atoms with E-state index in [1.165, 1.54) is 11.3 Å². The predicted octanol–water partition coefficient (Wildman–Crippen LogP) is 3.47. The summed E-state index contributed by atoms with van der Waals surface area (Å²) in [5.41, 5.74) is 4.23. The van der Waals surface area contributed by atoms with Crippen molar-refractivity contribution in [1.29, 1.82) is 0 Å². The summed E-state index contributed by atoms with van der Waals surface area (Å²) >= 11 is 0. The van der Waals surface area contributed by atoms with Gasteiger partial charge in [0.05, 0.1) is 11.3 Å². The average molecular weight is 369 g/mol. The van der Waals surface area contributed by atoms with E-state index in [0.29, 0.717) is 6.54 Å². The first-order valence-corrected chi connectivity index (χ1v) is 10.0. The van der Waals surface area contributed by atoms with E-state index in [2.05, 4.69) is 73.7 Å². The van der Waals surface area contributed by atoms with Crippen LogP contribution in [0.2, 0.25) is 0 Å². The first kappa shape index (κ1) is 19.6. The van der Waals surface area contributed by atoms with Crippen molar-refractivity contribution in [2.24, 2.45) is 0 Å². The average Bonchev–Trinajstić information content (AvgIpc) is 2.63. The molecule has 27 heavy (non-hydrogen) atoms. The van der Waals surface area contributed by atoms with Crippen molar-refractivity contribution in [3.63, 3.8) is 0 Å². The van der Waals surface area contributed by atoms with Crippen LogP contribution in [0.3, 0.4) is 0 Å². The van der Waals surface area contributed by atoms with E-state index in [0.717, 1.165) is 49.7 Å². The van der Waals surface area contributed by atoms with Gasteiger partial charge < -0.3 is 9.88 Å². The molecule has 0 unspecified atom stereocenters. The van der Waals surface area contributed by atoms with Gasteiger partial charge in [0.2, 0.25) is 0 Å². The van der Waals surface area contributed by atoms with Gasteiger partial charge in [-0.1, -0.05) is 32.9 Å². The monoisotopic (exact) mass is 368 g/mol. The summed E-state index contributed by atoms with van der Waals surface area (Å²) in [7, 11) is 0. The Hall–Kier alpha value is -2.14. The van der Waals surface area contributed by atoms with Gasteiger partial charge in [-0.25, -0.2) is 4.98 Å². The lowest BCUT2D eigenvalue weighted by Crippen LogP contribution is -2.37. The molecule has 1 aromatic heterocycles. The molecule has 0 bridgehead atoms. The number of aromatic nitrogens is 2. The van der Waals surface area contributed by atoms with E-state index in [9.17, 15) is 4.79 Å². The minimum absolute atomic E-state index is 0.0199. The first-order valence-electron chi connectivity index (χ1n) is 10.0. The Kier molecular flexibility index (Phi) is 5.70. The van der Waals surface area contributed by atoms with Crippen LogP contribution in [0.15, 0.2) is 29.1 Å². The SMILES string of the molecule is CCN(CC)c1ccc(CN2CCc3nc(C(C)(C)C)[nH]c(=O)c3C2)cc1. The maximum atomic E-state index is 12.6. The van der Waals surface area contributed by atoms with E-state index in [-0.39, 0.29) is 11.0 Å². The van der Waals surface area contributed by atoms with Gasteiger partial charge in [0.15, 0.2) is 0 Å². The fraction of sp³-hybridized carbons (Fsp3) is 0.545. The van der Waals surface area contributed by atoms with Crippen molar-refractivity contribution in [1.82, 2.24) is 14.9 Å². The van der Waals surface area contributed by atoms with Crippen molar-refractivity contribution >= 4 is 5.69 Å². The predicted molar refractivity (Wildman–Crippen MR) is 111 cm³/mol. The summed E-state index contributed by atoms with van der Waals surface area (Å²) in [6, 6.07) is 8.80. The van der Waals surface area contributed by atoms with Gasteiger partial charge >= 0.3 is 0 Å². The van der Waals surface area contributed by atoms with Crippen molar-refractivity contribution in [3.05, 3.63) is 57.3 Å². The van der Waals surface area contributed by atoms with E-state index >= 15 is 0 Å². The summed E-state index contributed by atoms with van der Waals surface area (Å²) in [5.74, 6) is 0.784. The van der Waals surface area contributed by atoms with Gasteiger partial charge in [0, 0.05) is 50.2 Å². The van der Waals surface area contributed by atoms with Gasteiger partial charge in [-0.15, -0.1) is 0 Å². The van der Waals surface area contributed by atoms with E-state index < -0.39 is 0 Å². The van der Waals surface area contributed by atoms with Gasteiger partial charge in [-0.2, -0.15) is 0 Å². The highest BCUT2D eigenvalue weighted by molar-refractivity contribution is 5.47. The highest BCUT2D eigenvalue weighted by atomic mass is 16.1. The lowest BCUT2D eigenvalue weighted by molar-refractivity contribution is 0.241. The molecule has 0 fully saturated rings. The van der Waals surface area contributed by atoms with Crippen LogP contribution >= 0.6 is 0 Å². The Morgan fingerprint density at radius 1 is 1.15 bits per heavy atom. The quantitative estimate of drug-likeness (QED) is 0.878. The number of anilines is 1. The van der Waals surface area contributed by atoms with Crippen LogP contribution in [0, 0.1) is 0 Å². The van der Waals surface area contributed by atoms with Crippen LogP contribution in [0.4, 0.5) is 5.69 Å². The molecule has 1 aliphatic rings. The van der Waals surface area contributed by atoms with Crippen molar-refractivity contribution in [2.45, 2.75) is 59.5 Å². The summed E-state index contributed by atoms with van der Waals surface area (Å²) in [6.07, 6.45) is 0.833. The molecule has 5 heteroatoms. The Morgan fingerprint density at radius 3 is 2.41 bits per heavy atom. The van der Waals surface area contributed by atoms with Crippen molar-refractivity contribution < 1.29 is 0 Å². The molecule has 3 rings (SSSR count). The fourth-order valence-corrected chi connectivity index (χ4v) is 3.63. The lowest BCUT2D eigenvalue weighted by Gasteiger charge is -2.29. The molecule has 0 saturated carbocycles. The summed E-state index contributed by atoms with van der Waals surface area (Å²) in [5, 5.41) is 0. The molecule has 0 radical (unpaired) electrons. The Balaban J connectivity index is 1.72. The summed E-state index contributed by atoms with van der Waals surface area (Å²) in [6.45, 7) is 15.1. The Morgan fingerprint density at radius 2 is 1.81 bits per heavy atom. The molecule has 0 amide bonds. The lowest BCUT2D eigenvalue weighted by atomic mass is 9.95. The van der Waals surface area contributed by atoms with E-state index in [1.54, 1.807) is 0 Å². The standard InChI is InChI=1S/C22H32N4O/c1-6-26(7-2)17-10-8-16(9-11-17)14-25-13-12-19-18(15-25)20(27)24-21(23-19)22(3,4)5/h8-11H,6-7,12-15H2,1-5H3,(H,23,24,27). The maximum absolute atomic E-state index is 12.6. The smallest absolute Gasteiger partial charge is 0.255 e. The molecule has 0 spiro atoms. The van der Waals surface area contributed by atoms with Gasteiger partial charge in [0.25, 0.3) is 5.56 Å². The minimum atomic E-state index is -0.141. The number of benzene rings is 1. The van der Waals surface area contributed by atoms with E-state index in [4.69, 9.17) is 4.98 Å². The zero-order valence-electron chi connectivity index (χ0n) is 17.3. The second kappa shape index (κ2) is 7.85. The minimum Gasteiger partial charge on any atom is -0.372 e. The molecule has 0 aliphatic carbocycles. The topological polar surface area (TPSA) is 52.2 Å². The first-order chi connectivity index (χ1) is 12.8. The largest absolute Gasteiger partial charge is 0.372 e. The highest BCUT2D eigenvalue weighted by Crippen LogP contribution is 2.22. The molecule has 0 atom stereocenters. The number of H-pyrrole nitrogens is 1. The van der Waals surface area contributed by atoms with Crippen LogP contribution < -0.4 is 10.5 Å². The zero-order valence-corrected chi connectivity index (χ0v) is 17.3. The van der Waals surface area contributed by atoms with E-state index in [1.807, 2.05) is 0 Å². The highest BCUT2D eigenvalue weighted by Gasteiger charge is 2.24. The number of fused-ring (bicyclic) bond motifs is 1. The fourth-order valence-electron chi connectivity index (χ4n) is 3.63. The molecule has 146 valence electrons. The summed E-state index contributed by atoms with van der Waals surface area (Å²) in [4.78, 5) is 25.0. The van der Waals surface area contributed by atoms with Crippen molar-refractivity contribution in [3.8, 4) is 0 Å². The van der Waals surface area contributed by atoms with Crippen LogP contribution in [0.5, 0.6) is 0 Å². The zero-order chi connectivity index (χ0) is 19.6. The number of aromatic amines is 1. The molecule has 1 aromatic carbocycles. The third-order valence-corrected chi connectivity index (χ3v) is 5.33. The molecular weight excluding hydrogens is 336 g/mol. The molecular formula is C22H32N4O. The van der Waals surface area contributed by atoms with Gasteiger partial charge in [-0.3, -0.25) is 9.69 Å². The number of rotatable bonds is 5. The normalized spacial score (nSPS) is 14.9. The molecule has 2 heterocycles. The Bertz CT molecular complexity index is 829. The van der Waals surface area contributed by atoms with Gasteiger partial charge in [0.1, 0.15) is 5.82 Å². The third-order valence-electron chi connectivity index (χ3n) is 5.33. The summed E-state index contributed by atoms with van der Waals surface area (Å²) < 4.78 is 0. The number of hydrogen-bond acceptors (Lipinski definition) is 4. The second-order valence-corrected chi connectivity index (χ2v) is 8.39. The molecule has 2 aromatic rings. The second-order valence-electron chi connectivity index (χ2n) is 8.39. The number of nitrogens with one attached hydrogen (secondary N) is 1. The number of hydrogen-bond donors (Lipinski definition) is 1. The third kappa shape index (κ3) is 4.41. The van der Waals surface area contributed by atoms with Crippen LogP contribution in [-0.2, 0) is 24.9 Å². The van der Waals surface area contributed by atoms with Gasteiger partial charge in [-0.05, 0) is 31.5 Å². The molecule has 5 nitrogen and oxygen atoms in total. The molecule has 1 aliphatic heterocycles. The molecule has 0 saturated heterocycles. The van der Waals surface area contributed by atoms with Crippen molar-refractivity contribution in [2.75, 3.05) is 24.5 Å². The number of nitrogens with zero attached hydrogens (tertiary/aromatic N) is 3.